The fraction of sp³-hybridized carbons (Fsp3) is 0.429. The summed E-state index contributed by atoms with van der Waals surface area (Å²) in [7, 11) is 0. The van der Waals surface area contributed by atoms with Crippen molar-refractivity contribution >= 4 is 29.3 Å². The second kappa shape index (κ2) is 17.5. The number of hydrogen-bond acceptors (Lipinski definition) is 7. The lowest BCUT2D eigenvalue weighted by molar-refractivity contribution is -0.138. The Morgan fingerprint density at radius 1 is 0.619 bits per heavy atom. The van der Waals surface area contributed by atoms with Crippen LogP contribution in [0.15, 0.2) is 91.3 Å². The van der Waals surface area contributed by atoms with Gasteiger partial charge in [-0.3, -0.25) is 19.2 Å². The molecule has 63 heavy (non-hydrogen) atoms. The van der Waals surface area contributed by atoms with Crippen LogP contribution in [0.25, 0.3) is 11.3 Å². The number of hydrogen-bond donors (Lipinski definition) is 4. The molecule has 2 aromatic heterocycles. The van der Waals surface area contributed by atoms with Crippen molar-refractivity contribution in [2.24, 2.45) is 11.8 Å². The zero-order valence-corrected chi connectivity index (χ0v) is 35.3. The Morgan fingerprint density at radius 3 is 1.67 bits per heavy atom. The number of nitrogens with one attached hydrogen (secondary N) is 4. The number of carbonyl (C=O) groups excluding carboxylic acids is 4. The van der Waals surface area contributed by atoms with E-state index >= 15 is 4.39 Å². The molecule has 5 aliphatic rings. The van der Waals surface area contributed by atoms with Crippen molar-refractivity contribution in [2.45, 2.75) is 94.3 Å². The van der Waals surface area contributed by atoms with Gasteiger partial charge in [-0.05, 0) is 87.5 Å². The summed E-state index contributed by atoms with van der Waals surface area (Å²) < 4.78 is 16.0. The minimum atomic E-state index is -0.773. The van der Waals surface area contributed by atoms with E-state index in [-0.39, 0.29) is 59.3 Å². The van der Waals surface area contributed by atoms with Crippen molar-refractivity contribution in [2.75, 3.05) is 31.1 Å². The number of anilines is 1. The molecule has 0 spiro atoms. The normalized spacial score (nSPS) is 21.3. The lowest BCUT2D eigenvalue weighted by atomic mass is 9.93. The summed E-state index contributed by atoms with van der Waals surface area (Å²) in [5.74, 6) is 0.880. The van der Waals surface area contributed by atoms with E-state index in [9.17, 15) is 19.2 Å². The number of likely N-dealkylation sites (tertiary alicyclic amines) is 2. The molecule has 10 rings (SSSR count). The average Bonchev–Trinajstić information content (AvgIpc) is 4.07. The minimum absolute atomic E-state index is 0.00690. The van der Waals surface area contributed by atoms with Crippen LogP contribution < -0.4 is 15.5 Å². The highest BCUT2D eigenvalue weighted by Crippen LogP contribution is 2.39. The summed E-state index contributed by atoms with van der Waals surface area (Å²) in [6, 6.07) is 22.2. The van der Waals surface area contributed by atoms with Gasteiger partial charge < -0.3 is 35.3 Å². The number of H-pyrrole nitrogens is 2. The van der Waals surface area contributed by atoms with Crippen LogP contribution in [0, 0.1) is 17.7 Å². The summed E-state index contributed by atoms with van der Waals surface area (Å²) in [4.78, 5) is 76.1. The van der Waals surface area contributed by atoms with Gasteiger partial charge in [-0.1, -0.05) is 66.7 Å². The maximum absolute atomic E-state index is 16.0. The molecule has 3 aromatic carbocycles. The highest BCUT2D eigenvalue weighted by molar-refractivity contribution is 5.91. The maximum Gasteiger partial charge on any atom is 0.250 e. The largest absolute Gasteiger partial charge is 0.369 e. The van der Waals surface area contributed by atoms with Gasteiger partial charge >= 0.3 is 0 Å². The number of piperidine rings is 1. The third-order valence-electron chi connectivity index (χ3n) is 13.7. The molecular weight excluding hydrogens is 798 g/mol. The van der Waals surface area contributed by atoms with Crippen molar-refractivity contribution in [3.63, 3.8) is 0 Å². The molecule has 5 fully saturated rings. The zero-order chi connectivity index (χ0) is 43.0. The van der Waals surface area contributed by atoms with Crippen molar-refractivity contribution in [1.29, 1.82) is 0 Å². The van der Waals surface area contributed by atoms with Gasteiger partial charge in [0.2, 0.25) is 23.6 Å². The fourth-order valence-corrected chi connectivity index (χ4v) is 9.78. The van der Waals surface area contributed by atoms with E-state index in [1.807, 2.05) is 88.8 Å². The molecular formula is C49H54FN9O4. The highest BCUT2D eigenvalue weighted by Gasteiger charge is 2.41. The van der Waals surface area contributed by atoms with E-state index in [4.69, 9.17) is 4.98 Å². The molecule has 0 bridgehead atoms. The van der Waals surface area contributed by atoms with E-state index in [0.717, 1.165) is 86.9 Å². The van der Waals surface area contributed by atoms with Crippen LogP contribution in [0.5, 0.6) is 0 Å². The van der Waals surface area contributed by atoms with Crippen LogP contribution in [-0.2, 0) is 19.2 Å². The number of imidazole rings is 2. The summed E-state index contributed by atoms with van der Waals surface area (Å²) in [5, 5.41) is 6.07. The number of amides is 4. The first kappa shape index (κ1) is 40.7. The predicted molar refractivity (Wildman–Crippen MR) is 234 cm³/mol. The molecule has 14 heteroatoms. The first-order valence-corrected chi connectivity index (χ1v) is 22.7. The average molecular weight is 852 g/mol. The van der Waals surface area contributed by atoms with Gasteiger partial charge in [0.1, 0.15) is 29.5 Å². The van der Waals surface area contributed by atoms with Crippen LogP contribution in [0.2, 0.25) is 0 Å². The molecule has 4 atom stereocenters. The Morgan fingerprint density at radius 2 is 1.14 bits per heavy atom. The standard InChI is InChI=1S/C49H54FN9O4/c50-36-27-35(38-29-52-45(54-38)41-14-8-24-59(41)49(63)43(32-11-5-2-6-12-32)56-47(61)34-17-18-34)19-20-39(36)57-25-21-30(22-26-57)37-28-51-44(53-37)40-13-7-23-58(40)48(62)42(31-9-3-1-4-10-31)55-46(60)33-15-16-33/h1-6,9-12,19-20,27-30,33-34,40-43H,7-8,13-18,21-26H2,(H,51,53)(H,52,54)(H,55,60)(H,56,61)/t40-,41-,42+,43+/m0/s1. The van der Waals surface area contributed by atoms with Crippen molar-refractivity contribution < 1.29 is 23.6 Å². The molecule has 5 aromatic rings. The molecule has 2 aliphatic carbocycles. The zero-order valence-electron chi connectivity index (χ0n) is 35.3. The second-order valence-corrected chi connectivity index (χ2v) is 18.0. The van der Waals surface area contributed by atoms with Gasteiger partial charge in [-0.2, -0.15) is 0 Å². The first-order valence-electron chi connectivity index (χ1n) is 22.7. The van der Waals surface area contributed by atoms with Gasteiger partial charge in [-0.15, -0.1) is 0 Å². The predicted octanol–water partition coefficient (Wildman–Crippen LogP) is 7.18. The third kappa shape index (κ3) is 8.59. The Labute approximate surface area is 366 Å². The topological polar surface area (TPSA) is 159 Å². The minimum Gasteiger partial charge on any atom is -0.369 e. The molecule has 3 aliphatic heterocycles. The van der Waals surface area contributed by atoms with Crippen molar-refractivity contribution in [1.82, 2.24) is 40.4 Å². The Bertz CT molecular complexity index is 2460. The van der Waals surface area contributed by atoms with E-state index in [0.29, 0.717) is 48.9 Å². The van der Waals surface area contributed by atoms with Crippen molar-refractivity contribution in [3.8, 4) is 11.3 Å². The van der Waals surface area contributed by atoms with E-state index in [2.05, 4.69) is 30.5 Å². The lowest BCUT2D eigenvalue weighted by Crippen LogP contribution is -2.43. The summed E-state index contributed by atoms with van der Waals surface area (Å²) >= 11 is 0. The SMILES string of the molecule is O=C(N[C@@H](C(=O)N1CCC[C@H]1c1ncc(-c2ccc(N3CCC(c4cnc([C@@H]5CCCN5C(=O)[C@H](NC(=O)C5CC5)c5ccccc5)[nH]4)CC3)c(F)c2)[nH]1)c1ccccc1)C1CC1. The molecule has 2 saturated carbocycles. The number of nitrogens with zero attached hydrogens (tertiary/aromatic N) is 5. The number of halogens is 1. The van der Waals surface area contributed by atoms with Crippen LogP contribution in [0.3, 0.4) is 0 Å². The van der Waals surface area contributed by atoms with E-state index < -0.39 is 12.1 Å². The van der Waals surface area contributed by atoms with Crippen LogP contribution in [0.4, 0.5) is 10.1 Å². The summed E-state index contributed by atoms with van der Waals surface area (Å²) in [5.41, 5.74) is 4.45. The third-order valence-corrected chi connectivity index (χ3v) is 13.7. The molecule has 4 N–H and O–H groups in total. The number of aromatic amines is 2. The number of rotatable bonds is 13. The number of benzene rings is 3. The molecule has 5 heterocycles. The quantitative estimate of drug-likeness (QED) is 0.0977. The summed E-state index contributed by atoms with van der Waals surface area (Å²) in [6.07, 6.45) is 11.8. The first-order chi connectivity index (χ1) is 30.8. The van der Waals surface area contributed by atoms with Crippen LogP contribution >= 0.6 is 0 Å². The summed E-state index contributed by atoms with van der Waals surface area (Å²) in [6.45, 7) is 2.51. The van der Waals surface area contributed by atoms with E-state index in [1.165, 1.54) is 0 Å². The maximum atomic E-state index is 16.0. The Balaban J connectivity index is 0.770. The van der Waals surface area contributed by atoms with Gasteiger partial charge in [0.05, 0.1) is 29.7 Å². The van der Waals surface area contributed by atoms with Crippen LogP contribution in [-0.4, -0.2) is 79.5 Å². The Kier molecular flexibility index (Phi) is 11.3. The molecule has 0 radical (unpaired) electrons. The fourth-order valence-electron chi connectivity index (χ4n) is 9.78. The van der Waals surface area contributed by atoms with Crippen LogP contribution in [0.1, 0.15) is 123 Å². The monoisotopic (exact) mass is 851 g/mol. The highest BCUT2D eigenvalue weighted by atomic mass is 19.1. The van der Waals surface area contributed by atoms with Gasteiger partial charge in [0, 0.05) is 61.4 Å². The van der Waals surface area contributed by atoms with Crippen molar-refractivity contribution in [3.05, 3.63) is 126 Å². The van der Waals surface area contributed by atoms with Gasteiger partial charge in [0.15, 0.2) is 0 Å². The van der Waals surface area contributed by atoms with Gasteiger partial charge in [0.25, 0.3) is 0 Å². The molecule has 4 amide bonds. The number of carbonyl (C=O) groups is 4. The molecule has 326 valence electrons. The molecule has 0 unspecified atom stereocenters. The van der Waals surface area contributed by atoms with Gasteiger partial charge in [-0.25, -0.2) is 14.4 Å². The van der Waals surface area contributed by atoms with E-state index in [1.54, 1.807) is 12.3 Å². The lowest BCUT2D eigenvalue weighted by Gasteiger charge is -2.33. The smallest absolute Gasteiger partial charge is 0.250 e. The molecule has 13 nitrogen and oxygen atoms in total. The second-order valence-electron chi connectivity index (χ2n) is 18.0. The number of aromatic nitrogens is 4. The Hall–Kier alpha value is -6.31. The molecule has 3 saturated heterocycles.